The van der Waals surface area contributed by atoms with Gasteiger partial charge < -0.3 is 10.4 Å². The van der Waals surface area contributed by atoms with Crippen molar-refractivity contribution in [1.82, 2.24) is 0 Å². The number of benzene rings is 2. The predicted octanol–water partition coefficient (Wildman–Crippen LogP) is 4.82. The summed E-state index contributed by atoms with van der Waals surface area (Å²) in [7, 11) is 0. The summed E-state index contributed by atoms with van der Waals surface area (Å²) in [6, 6.07) is 12.3. The van der Waals surface area contributed by atoms with Crippen LogP contribution in [-0.4, -0.2) is 11.1 Å². The summed E-state index contributed by atoms with van der Waals surface area (Å²) in [5.74, 6) is 0.713. The number of anilines is 1. The van der Waals surface area contributed by atoms with Gasteiger partial charge in [-0.05, 0) is 60.6 Å². The summed E-state index contributed by atoms with van der Waals surface area (Å²) < 4.78 is 14.6. The Morgan fingerprint density at radius 3 is 2.60 bits per heavy atom. The van der Waals surface area contributed by atoms with E-state index < -0.39 is 5.97 Å². The van der Waals surface area contributed by atoms with Gasteiger partial charge in [0.25, 0.3) is 0 Å². The summed E-state index contributed by atoms with van der Waals surface area (Å²) in [6.45, 7) is 0. The van der Waals surface area contributed by atoms with E-state index in [4.69, 9.17) is 0 Å². The summed E-state index contributed by atoms with van der Waals surface area (Å²) in [4.78, 5) is 11.7. The zero-order valence-electron chi connectivity index (χ0n) is 13.8. The molecule has 0 amide bonds. The van der Waals surface area contributed by atoms with Crippen molar-refractivity contribution in [2.75, 3.05) is 5.32 Å². The number of para-hydroxylation sites is 1. The topological polar surface area (TPSA) is 49.3 Å². The van der Waals surface area contributed by atoms with Gasteiger partial charge in [0.1, 0.15) is 5.82 Å². The molecule has 2 saturated carbocycles. The average Bonchev–Trinajstić information content (AvgIpc) is 3.23. The largest absolute Gasteiger partial charge is 0.478 e. The second kappa shape index (κ2) is 5.32. The van der Waals surface area contributed by atoms with Crippen LogP contribution < -0.4 is 5.32 Å². The highest BCUT2D eigenvalue weighted by molar-refractivity contribution is 5.95. The zero-order chi connectivity index (χ0) is 17.1. The van der Waals surface area contributed by atoms with Crippen LogP contribution in [0.5, 0.6) is 0 Å². The molecule has 1 heterocycles. The summed E-state index contributed by atoms with van der Waals surface area (Å²) in [6.07, 6.45) is 3.58. The number of fused-ring (bicyclic) bond motifs is 7. The van der Waals surface area contributed by atoms with Crippen LogP contribution in [0.25, 0.3) is 0 Å². The van der Waals surface area contributed by atoms with Crippen LogP contribution in [0.1, 0.15) is 52.7 Å². The second-order valence-electron chi connectivity index (χ2n) is 7.65. The van der Waals surface area contributed by atoms with Gasteiger partial charge in [0.15, 0.2) is 0 Å². The molecule has 2 bridgehead atoms. The lowest BCUT2D eigenvalue weighted by molar-refractivity contribution is 0.0697. The molecular weight excluding hydrogens is 317 g/mol. The van der Waals surface area contributed by atoms with Gasteiger partial charge in [-0.25, -0.2) is 9.18 Å². The Hall–Kier alpha value is -2.36. The lowest BCUT2D eigenvalue weighted by atomic mass is 9.67. The molecule has 5 rings (SSSR count). The molecule has 0 unspecified atom stereocenters. The van der Waals surface area contributed by atoms with Gasteiger partial charge in [-0.2, -0.15) is 0 Å². The number of hydrogen-bond acceptors (Lipinski definition) is 2. The van der Waals surface area contributed by atoms with Crippen molar-refractivity contribution in [2.45, 2.75) is 31.2 Å². The molecule has 2 aliphatic carbocycles. The predicted molar refractivity (Wildman–Crippen MR) is 93.2 cm³/mol. The molecule has 128 valence electrons. The first-order valence-electron chi connectivity index (χ1n) is 9.02. The van der Waals surface area contributed by atoms with E-state index in [1.54, 1.807) is 12.1 Å². The molecule has 0 saturated heterocycles. The van der Waals surface area contributed by atoms with Gasteiger partial charge in [0.2, 0.25) is 0 Å². The SMILES string of the molecule is O=C(O)c1cccc2c1N[C@H](c1ccccc1F)[C@@H]1[C@@H]3CC[C@@H](C3)[C@@H]21. The highest BCUT2D eigenvalue weighted by Crippen LogP contribution is 2.64. The van der Waals surface area contributed by atoms with E-state index in [1.165, 1.54) is 25.3 Å². The van der Waals surface area contributed by atoms with E-state index in [2.05, 4.69) is 11.4 Å². The number of nitrogens with one attached hydrogen (secondary N) is 1. The molecule has 0 aromatic heterocycles. The maximum atomic E-state index is 14.6. The number of hydrogen-bond donors (Lipinski definition) is 2. The number of carboxylic acid groups (broad SMARTS) is 1. The van der Waals surface area contributed by atoms with Crippen molar-refractivity contribution >= 4 is 11.7 Å². The molecule has 2 aromatic carbocycles. The monoisotopic (exact) mass is 337 g/mol. The first kappa shape index (κ1) is 14.9. The van der Waals surface area contributed by atoms with Crippen LogP contribution in [0.2, 0.25) is 0 Å². The Labute approximate surface area is 145 Å². The third-order valence-corrected chi connectivity index (χ3v) is 6.59. The molecule has 5 atom stereocenters. The Bertz CT molecular complexity index is 865. The van der Waals surface area contributed by atoms with Crippen molar-refractivity contribution in [1.29, 1.82) is 0 Å². The van der Waals surface area contributed by atoms with E-state index in [9.17, 15) is 14.3 Å². The third kappa shape index (κ3) is 2.06. The standard InChI is InChI=1S/C21H20FNO2/c22-16-7-2-1-4-13(16)20-18-12-9-8-11(10-12)17(18)14-5-3-6-15(21(24)25)19(14)23-20/h1-7,11-12,17-18,20,23H,8-10H2,(H,24,25)/t11-,12+,17-,18+,20+/m0/s1. The Kier molecular flexibility index (Phi) is 3.18. The number of aromatic carboxylic acids is 1. The zero-order valence-corrected chi connectivity index (χ0v) is 13.8. The maximum Gasteiger partial charge on any atom is 0.337 e. The molecule has 25 heavy (non-hydrogen) atoms. The number of halogens is 1. The summed E-state index contributed by atoms with van der Waals surface area (Å²) >= 11 is 0. The summed E-state index contributed by atoms with van der Waals surface area (Å²) in [5.41, 5.74) is 2.76. The lowest BCUT2D eigenvalue weighted by Gasteiger charge is -2.44. The minimum atomic E-state index is -0.932. The van der Waals surface area contributed by atoms with Crippen molar-refractivity contribution in [2.24, 2.45) is 17.8 Å². The molecule has 2 N–H and O–H groups in total. The molecule has 4 heteroatoms. The molecule has 0 spiro atoms. The fraction of sp³-hybridized carbons (Fsp3) is 0.381. The molecular formula is C21H20FNO2. The van der Waals surface area contributed by atoms with Gasteiger partial charge in [-0.3, -0.25) is 0 Å². The van der Waals surface area contributed by atoms with Crippen molar-refractivity contribution in [3.8, 4) is 0 Å². The smallest absolute Gasteiger partial charge is 0.337 e. The Balaban J connectivity index is 1.70. The molecule has 1 aliphatic heterocycles. The fourth-order valence-electron chi connectivity index (χ4n) is 5.73. The Morgan fingerprint density at radius 1 is 1.04 bits per heavy atom. The average molecular weight is 337 g/mol. The van der Waals surface area contributed by atoms with Gasteiger partial charge in [0, 0.05) is 5.56 Å². The van der Waals surface area contributed by atoms with Crippen LogP contribution in [-0.2, 0) is 0 Å². The van der Waals surface area contributed by atoms with Gasteiger partial charge >= 0.3 is 5.97 Å². The highest BCUT2D eigenvalue weighted by Gasteiger charge is 2.54. The number of carbonyl (C=O) groups is 1. The molecule has 3 aliphatic rings. The van der Waals surface area contributed by atoms with Crippen LogP contribution >= 0.6 is 0 Å². The fourth-order valence-corrected chi connectivity index (χ4v) is 5.73. The second-order valence-corrected chi connectivity index (χ2v) is 7.65. The minimum Gasteiger partial charge on any atom is -0.478 e. The Morgan fingerprint density at radius 2 is 1.80 bits per heavy atom. The molecule has 3 nitrogen and oxygen atoms in total. The van der Waals surface area contributed by atoms with Crippen LogP contribution in [0, 0.1) is 23.6 Å². The van der Waals surface area contributed by atoms with Crippen molar-refractivity contribution in [3.05, 3.63) is 65.0 Å². The quantitative estimate of drug-likeness (QED) is 0.826. The van der Waals surface area contributed by atoms with Crippen LogP contribution in [0.15, 0.2) is 42.5 Å². The maximum absolute atomic E-state index is 14.6. The van der Waals surface area contributed by atoms with Gasteiger partial charge in [-0.1, -0.05) is 30.3 Å². The van der Waals surface area contributed by atoms with Crippen molar-refractivity contribution < 1.29 is 14.3 Å². The van der Waals surface area contributed by atoms with E-state index in [-0.39, 0.29) is 11.9 Å². The van der Waals surface area contributed by atoms with Crippen LogP contribution in [0.3, 0.4) is 0 Å². The number of carboxylic acids is 1. The minimum absolute atomic E-state index is 0.158. The molecule has 2 fully saturated rings. The third-order valence-electron chi connectivity index (χ3n) is 6.59. The summed E-state index contributed by atoms with van der Waals surface area (Å²) in [5, 5.41) is 13.1. The first-order valence-corrected chi connectivity index (χ1v) is 9.02. The highest BCUT2D eigenvalue weighted by atomic mass is 19.1. The van der Waals surface area contributed by atoms with E-state index in [1.807, 2.05) is 18.2 Å². The van der Waals surface area contributed by atoms with Gasteiger partial charge in [-0.15, -0.1) is 0 Å². The van der Waals surface area contributed by atoms with E-state index in [0.29, 0.717) is 40.5 Å². The van der Waals surface area contributed by atoms with E-state index in [0.717, 1.165) is 5.56 Å². The number of rotatable bonds is 2. The van der Waals surface area contributed by atoms with Crippen molar-refractivity contribution in [3.63, 3.8) is 0 Å². The van der Waals surface area contributed by atoms with Gasteiger partial charge in [0.05, 0.1) is 17.3 Å². The van der Waals surface area contributed by atoms with Crippen LogP contribution in [0.4, 0.5) is 10.1 Å². The van der Waals surface area contributed by atoms with E-state index >= 15 is 0 Å². The normalized spacial score (nSPS) is 32.0. The lowest BCUT2D eigenvalue weighted by Crippen LogP contribution is -2.36. The molecule has 2 aromatic rings. The molecule has 0 radical (unpaired) electrons. The first-order chi connectivity index (χ1) is 12.1.